The van der Waals surface area contributed by atoms with Crippen LogP contribution in [0.3, 0.4) is 0 Å². The Morgan fingerprint density at radius 3 is 2.52 bits per heavy atom. The minimum Gasteiger partial charge on any atom is -0.139 e. The summed E-state index contributed by atoms with van der Waals surface area (Å²) in [6.45, 7) is 8.16. The van der Waals surface area contributed by atoms with Gasteiger partial charge in [-0.25, -0.2) is 0 Å². The number of hydrogen-bond donors (Lipinski definition) is 0. The SMILES string of the molecule is C=CC=Cc1cc2c3sc(C)c(C=CC)c3c3sc4ccccc4c3c2s1. The van der Waals surface area contributed by atoms with Crippen molar-refractivity contribution >= 4 is 86.5 Å². The molecular formula is C24H18S3. The van der Waals surface area contributed by atoms with Crippen LogP contribution < -0.4 is 0 Å². The van der Waals surface area contributed by atoms with Crippen LogP contribution >= 0.6 is 34.0 Å². The number of fused-ring (bicyclic) bond motifs is 8. The Morgan fingerprint density at radius 1 is 0.889 bits per heavy atom. The molecule has 2 aromatic carbocycles. The van der Waals surface area contributed by atoms with Gasteiger partial charge in [-0.3, -0.25) is 0 Å². The van der Waals surface area contributed by atoms with E-state index in [1.807, 2.05) is 46.2 Å². The van der Waals surface area contributed by atoms with Crippen molar-refractivity contribution in [2.75, 3.05) is 0 Å². The molecule has 0 aliphatic heterocycles. The van der Waals surface area contributed by atoms with Crippen molar-refractivity contribution in [3.8, 4) is 0 Å². The summed E-state index contributed by atoms with van der Waals surface area (Å²) in [5.41, 5.74) is 1.38. The van der Waals surface area contributed by atoms with Gasteiger partial charge in [0.05, 0.1) is 0 Å². The Morgan fingerprint density at radius 2 is 1.70 bits per heavy atom. The van der Waals surface area contributed by atoms with Gasteiger partial charge in [-0.15, -0.1) is 34.0 Å². The zero-order valence-corrected chi connectivity index (χ0v) is 17.7. The predicted molar refractivity (Wildman–Crippen MR) is 129 cm³/mol. The normalized spacial score (nSPS) is 12.7. The van der Waals surface area contributed by atoms with Crippen molar-refractivity contribution in [1.29, 1.82) is 0 Å². The summed E-state index contributed by atoms with van der Waals surface area (Å²) in [4.78, 5) is 2.68. The molecule has 0 aliphatic rings. The molecule has 0 radical (unpaired) electrons. The van der Waals surface area contributed by atoms with Gasteiger partial charge in [-0.2, -0.15) is 0 Å². The first-order chi connectivity index (χ1) is 13.2. The smallest absolute Gasteiger partial charge is 0.0463 e. The van der Waals surface area contributed by atoms with Crippen LogP contribution in [0.5, 0.6) is 0 Å². The molecule has 0 atom stereocenters. The lowest BCUT2D eigenvalue weighted by atomic mass is 10.0. The molecule has 0 saturated heterocycles. The van der Waals surface area contributed by atoms with Gasteiger partial charge in [-0.1, -0.05) is 49.1 Å². The van der Waals surface area contributed by atoms with Crippen LogP contribution in [0.25, 0.3) is 52.5 Å². The first-order valence-corrected chi connectivity index (χ1v) is 11.4. The van der Waals surface area contributed by atoms with E-state index in [1.54, 1.807) is 0 Å². The van der Waals surface area contributed by atoms with E-state index in [1.165, 1.54) is 55.7 Å². The standard InChI is InChI=1S/C24H18S3/c1-4-6-10-15-13-18-22-20(16(9-5-2)14(3)25-22)24-21(23(18)26-15)17-11-7-8-12-19(17)27-24/h4-13H,1H2,2-3H3. The Bertz CT molecular complexity index is 1400. The Balaban J connectivity index is 2.08. The molecule has 0 N–H and O–H groups in total. The maximum atomic E-state index is 3.81. The topological polar surface area (TPSA) is 0 Å². The summed E-state index contributed by atoms with van der Waals surface area (Å²) in [6.07, 6.45) is 10.5. The third-order valence-corrected chi connectivity index (χ3v) is 8.37. The molecule has 27 heavy (non-hydrogen) atoms. The van der Waals surface area contributed by atoms with E-state index in [0.717, 1.165) is 0 Å². The summed E-state index contributed by atoms with van der Waals surface area (Å²) in [5.74, 6) is 0. The minimum atomic E-state index is 1.28. The highest BCUT2D eigenvalue weighted by Crippen LogP contribution is 2.50. The van der Waals surface area contributed by atoms with Crippen LogP contribution in [-0.2, 0) is 0 Å². The lowest BCUT2D eigenvalue weighted by molar-refractivity contribution is 1.61. The van der Waals surface area contributed by atoms with Crippen LogP contribution in [0, 0.1) is 6.92 Å². The third-order valence-electron chi connectivity index (χ3n) is 4.91. The molecule has 0 bridgehead atoms. The molecular weight excluding hydrogens is 384 g/mol. The second kappa shape index (κ2) is 6.45. The molecule has 5 aromatic rings. The van der Waals surface area contributed by atoms with Gasteiger partial charge in [-0.05, 0) is 37.6 Å². The van der Waals surface area contributed by atoms with Gasteiger partial charge in [0, 0.05) is 50.1 Å². The summed E-state index contributed by atoms with van der Waals surface area (Å²) in [7, 11) is 0. The van der Waals surface area contributed by atoms with Crippen molar-refractivity contribution in [1.82, 2.24) is 0 Å². The van der Waals surface area contributed by atoms with Gasteiger partial charge in [0.1, 0.15) is 0 Å². The van der Waals surface area contributed by atoms with Crippen LogP contribution in [0.15, 0.2) is 55.1 Å². The quantitative estimate of drug-likeness (QED) is 0.264. The molecule has 0 amide bonds. The summed E-state index contributed by atoms with van der Waals surface area (Å²) >= 11 is 5.75. The van der Waals surface area contributed by atoms with Gasteiger partial charge < -0.3 is 0 Å². The third kappa shape index (κ3) is 2.46. The maximum absolute atomic E-state index is 3.81. The van der Waals surface area contributed by atoms with Gasteiger partial charge in [0.15, 0.2) is 0 Å². The number of thiophene rings is 3. The fraction of sp³-hybridized carbons (Fsp3) is 0.0833. The van der Waals surface area contributed by atoms with Crippen molar-refractivity contribution in [3.63, 3.8) is 0 Å². The number of rotatable bonds is 3. The zero-order valence-electron chi connectivity index (χ0n) is 15.2. The monoisotopic (exact) mass is 402 g/mol. The van der Waals surface area contributed by atoms with Gasteiger partial charge in [0.25, 0.3) is 0 Å². The van der Waals surface area contributed by atoms with Crippen molar-refractivity contribution < 1.29 is 0 Å². The highest BCUT2D eigenvalue weighted by Gasteiger charge is 2.20. The second-order valence-electron chi connectivity index (χ2n) is 6.56. The molecule has 0 nitrogen and oxygen atoms in total. The average molecular weight is 403 g/mol. The largest absolute Gasteiger partial charge is 0.139 e. The molecule has 3 heteroatoms. The first-order valence-electron chi connectivity index (χ1n) is 8.94. The highest BCUT2D eigenvalue weighted by molar-refractivity contribution is 7.30. The van der Waals surface area contributed by atoms with E-state index >= 15 is 0 Å². The van der Waals surface area contributed by atoms with Gasteiger partial charge >= 0.3 is 0 Å². The molecule has 0 spiro atoms. The summed E-state index contributed by atoms with van der Waals surface area (Å²) in [5, 5.41) is 5.61. The molecule has 3 heterocycles. The number of aryl methyl sites for hydroxylation is 1. The van der Waals surface area contributed by atoms with Crippen LogP contribution in [0.2, 0.25) is 0 Å². The molecule has 5 rings (SSSR count). The number of hydrogen-bond acceptors (Lipinski definition) is 3. The fourth-order valence-corrected chi connectivity index (χ4v) is 7.58. The lowest BCUT2D eigenvalue weighted by Crippen LogP contribution is -1.75. The molecule has 0 unspecified atom stereocenters. The van der Waals surface area contributed by atoms with E-state index in [-0.39, 0.29) is 0 Å². The molecule has 132 valence electrons. The Kier molecular flexibility index (Phi) is 4.05. The summed E-state index contributed by atoms with van der Waals surface area (Å²) in [6, 6.07) is 11.2. The van der Waals surface area contributed by atoms with Crippen LogP contribution in [0.1, 0.15) is 22.2 Å². The van der Waals surface area contributed by atoms with Crippen molar-refractivity contribution in [2.45, 2.75) is 13.8 Å². The van der Waals surface area contributed by atoms with Crippen LogP contribution in [0.4, 0.5) is 0 Å². The van der Waals surface area contributed by atoms with Gasteiger partial charge in [0.2, 0.25) is 0 Å². The van der Waals surface area contributed by atoms with Crippen molar-refractivity contribution in [3.05, 3.63) is 70.5 Å². The zero-order chi connectivity index (χ0) is 18.5. The summed E-state index contributed by atoms with van der Waals surface area (Å²) < 4.78 is 5.63. The average Bonchev–Trinajstić information content (AvgIpc) is 3.34. The van der Waals surface area contributed by atoms with E-state index in [4.69, 9.17) is 0 Å². The molecule has 0 aliphatic carbocycles. The maximum Gasteiger partial charge on any atom is 0.0463 e. The number of allylic oxidation sites excluding steroid dienone is 3. The Labute approximate surface area is 170 Å². The first kappa shape index (κ1) is 16.9. The highest BCUT2D eigenvalue weighted by atomic mass is 32.1. The van der Waals surface area contributed by atoms with Crippen molar-refractivity contribution in [2.24, 2.45) is 0 Å². The number of benzene rings is 2. The molecule has 3 aromatic heterocycles. The fourth-order valence-electron chi connectivity index (χ4n) is 3.80. The van der Waals surface area contributed by atoms with E-state index < -0.39 is 0 Å². The van der Waals surface area contributed by atoms with E-state index in [0.29, 0.717) is 0 Å². The minimum absolute atomic E-state index is 1.28. The second-order valence-corrected chi connectivity index (χ2v) is 9.93. The van der Waals surface area contributed by atoms with Crippen LogP contribution in [-0.4, -0.2) is 0 Å². The molecule has 0 saturated carbocycles. The Hall–Kier alpha value is -2.20. The predicted octanol–water partition coefficient (Wildman–Crippen LogP) is 9.02. The molecule has 0 fully saturated rings. The van der Waals surface area contributed by atoms with E-state index in [2.05, 4.69) is 69.0 Å². The van der Waals surface area contributed by atoms with E-state index in [9.17, 15) is 0 Å². The lowest BCUT2D eigenvalue weighted by Gasteiger charge is -2.00.